The monoisotopic (exact) mass is 286 g/mol. The van der Waals surface area contributed by atoms with Gasteiger partial charge in [0.25, 0.3) is 0 Å². The number of rotatable bonds is 8. The zero-order valence-electron chi connectivity index (χ0n) is 13.2. The molecule has 116 valence electrons. The van der Waals surface area contributed by atoms with Crippen molar-refractivity contribution in [3.63, 3.8) is 0 Å². The first kappa shape index (κ1) is 18.5. The van der Waals surface area contributed by atoms with Gasteiger partial charge in [-0.1, -0.05) is 34.1 Å². The van der Waals surface area contributed by atoms with Crippen LogP contribution in [0.1, 0.15) is 60.8 Å². The van der Waals surface area contributed by atoms with Crippen molar-refractivity contribution in [1.82, 2.24) is 0 Å². The molecule has 0 aliphatic heterocycles. The zero-order valence-corrected chi connectivity index (χ0v) is 13.2. The summed E-state index contributed by atoms with van der Waals surface area (Å²) in [5.74, 6) is -2.19. The lowest BCUT2D eigenvalue weighted by molar-refractivity contribution is -0.149. The Morgan fingerprint density at radius 3 is 1.75 bits per heavy atom. The van der Waals surface area contributed by atoms with E-state index in [9.17, 15) is 19.8 Å². The van der Waals surface area contributed by atoms with E-state index < -0.39 is 28.4 Å². The molecule has 6 nitrogen and oxygen atoms in total. The number of carboxylic acid groups (broad SMARTS) is 2. The molecule has 0 heterocycles. The van der Waals surface area contributed by atoms with Crippen molar-refractivity contribution in [2.75, 3.05) is 0 Å². The molecule has 0 bridgehead atoms. The Morgan fingerprint density at radius 1 is 0.950 bits per heavy atom. The largest absolute Gasteiger partial charge is 0.479 e. The number of nitrogens with zero attached hydrogens (tertiary/aromatic N) is 2. The van der Waals surface area contributed by atoms with Gasteiger partial charge in [-0.15, -0.1) is 0 Å². The van der Waals surface area contributed by atoms with E-state index in [0.29, 0.717) is 19.3 Å². The third-order valence-electron chi connectivity index (χ3n) is 4.29. The number of hydrogen-bond donors (Lipinski definition) is 2. The third-order valence-corrected chi connectivity index (χ3v) is 4.29. The Hall–Kier alpha value is -1.46. The first-order valence-electron chi connectivity index (χ1n) is 6.87. The summed E-state index contributed by atoms with van der Waals surface area (Å²) in [4.78, 5) is 22.9. The van der Waals surface area contributed by atoms with Gasteiger partial charge in [0.15, 0.2) is 11.1 Å². The second kappa shape index (κ2) is 6.33. The smallest absolute Gasteiger partial charge is 0.333 e. The van der Waals surface area contributed by atoms with E-state index in [1.807, 2.05) is 13.8 Å². The first-order valence-corrected chi connectivity index (χ1v) is 6.87. The number of hydrogen-bond acceptors (Lipinski definition) is 4. The molecule has 0 radical (unpaired) electrons. The summed E-state index contributed by atoms with van der Waals surface area (Å²) >= 11 is 0. The van der Waals surface area contributed by atoms with Gasteiger partial charge in [0.2, 0.25) is 0 Å². The predicted molar refractivity (Wildman–Crippen MR) is 75.9 cm³/mol. The van der Waals surface area contributed by atoms with Crippen LogP contribution in [0.15, 0.2) is 10.2 Å². The molecule has 0 aromatic carbocycles. The highest BCUT2D eigenvalue weighted by Crippen LogP contribution is 2.38. The molecule has 0 aromatic heterocycles. The van der Waals surface area contributed by atoms with Crippen molar-refractivity contribution < 1.29 is 19.8 Å². The summed E-state index contributed by atoms with van der Waals surface area (Å²) in [5, 5.41) is 26.6. The molecular weight excluding hydrogens is 260 g/mol. The van der Waals surface area contributed by atoms with Crippen LogP contribution < -0.4 is 0 Å². The van der Waals surface area contributed by atoms with Crippen LogP contribution in [0, 0.1) is 5.41 Å². The van der Waals surface area contributed by atoms with Crippen LogP contribution in [0.5, 0.6) is 0 Å². The van der Waals surface area contributed by atoms with Crippen molar-refractivity contribution in [1.29, 1.82) is 0 Å². The molecule has 2 atom stereocenters. The van der Waals surface area contributed by atoms with Crippen LogP contribution in [-0.2, 0) is 9.59 Å². The SMILES string of the molecule is CCCC(C)(/N=N/C(C)(C(=O)O)C(C)(C)CC)C(=O)O. The fourth-order valence-electron chi connectivity index (χ4n) is 1.71. The number of azo groups is 1. The fraction of sp³-hybridized carbons (Fsp3) is 0.857. The molecule has 0 rings (SSSR count). The highest BCUT2D eigenvalue weighted by Gasteiger charge is 2.48. The second-order valence-corrected chi connectivity index (χ2v) is 6.14. The van der Waals surface area contributed by atoms with Crippen molar-refractivity contribution in [3.8, 4) is 0 Å². The Bertz CT molecular complexity index is 406. The lowest BCUT2D eigenvalue weighted by Gasteiger charge is -2.36. The van der Waals surface area contributed by atoms with Crippen molar-refractivity contribution in [3.05, 3.63) is 0 Å². The highest BCUT2D eigenvalue weighted by atomic mass is 16.4. The van der Waals surface area contributed by atoms with Crippen molar-refractivity contribution in [2.24, 2.45) is 15.6 Å². The fourth-order valence-corrected chi connectivity index (χ4v) is 1.71. The van der Waals surface area contributed by atoms with Gasteiger partial charge in [-0.2, -0.15) is 10.2 Å². The summed E-state index contributed by atoms with van der Waals surface area (Å²) in [6.07, 6.45) is 1.53. The van der Waals surface area contributed by atoms with Crippen LogP contribution in [-0.4, -0.2) is 33.2 Å². The maximum absolute atomic E-state index is 11.6. The van der Waals surface area contributed by atoms with Gasteiger partial charge in [0, 0.05) is 5.41 Å². The molecule has 0 fully saturated rings. The van der Waals surface area contributed by atoms with Gasteiger partial charge in [0.05, 0.1) is 0 Å². The molecule has 0 saturated carbocycles. The quantitative estimate of drug-likeness (QED) is 0.668. The molecule has 0 aromatic rings. The predicted octanol–water partition coefficient (Wildman–Crippen LogP) is 3.36. The molecule has 0 spiro atoms. The number of carbonyl (C=O) groups is 2. The Morgan fingerprint density at radius 2 is 1.45 bits per heavy atom. The van der Waals surface area contributed by atoms with E-state index >= 15 is 0 Å². The molecule has 0 aliphatic carbocycles. The summed E-state index contributed by atoms with van der Waals surface area (Å²) in [6, 6.07) is 0. The maximum atomic E-state index is 11.6. The Labute approximate surface area is 120 Å². The standard InChI is InChI=1S/C14H26N2O4/c1-7-9-13(5,10(17)18)15-16-14(6,11(19)20)12(3,4)8-2/h7-9H2,1-6H3,(H,17,18)(H,19,20)/b16-15+. The lowest BCUT2D eigenvalue weighted by atomic mass is 9.72. The Kier molecular flexibility index (Phi) is 5.86. The summed E-state index contributed by atoms with van der Waals surface area (Å²) in [5.41, 5.74) is -3.46. The second-order valence-electron chi connectivity index (χ2n) is 6.14. The lowest BCUT2D eigenvalue weighted by Crippen LogP contribution is -2.47. The zero-order chi connectivity index (χ0) is 16.2. The normalized spacial score (nSPS) is 18.5. The topological polar surface area (TPSA) is 99.3 Å². The van der Waals surface area contributed by atoms with Gasteiger partial charge in [-0.25, -0.2) is 9.59 Å². The highest BCUT2D eigenvalue weighted by molar-refractivity contribution is 5.80. The van der Waals surface area contributed by atoms with E-state index in [0.717, 1.165) is 0 Å². The minimum atomic E-state index is -1.45. The van der Waals surface area contributed by atoms with Gasteiger partial charge in [-0.05, 0) is 26.7 Å². The molecule has 2 unspecified atom stereocenters. The van der Waals surface area contributed by atoms with Gasteiger partial charge in [-0.3, -0.25) is 0 Å². The van der Waals surface area contributed by atoms with Crippen molar-refractivity contribution >= 4 is 11.9 Å². The van der Waals surface area contributed by atoms with E-state index in [4.69, 9.17) is 0 Å². The van der Waals surface area contributed by atoms with E-state index in [1.165, 1.54) is 13.8 Å². The summed E-state index contributed by atoms with van der Waals surface area (Å²) in [7, 11) is 0. The number of carboxylic acids is 2. The minimum Gasteiger partial charge on any atom is -0.479 e. The van der Waals surface area contributed by atoms with Gasteiger partial charge >= 0.3 is 11.9 Å². The van der Waals surface area contributed by atoms with E-state index in [-0.39, 0.29) is 0 Å². The molecule has 0 saturated heterocycles. The van der Waals surface area contributed by atoms with E-state index in [1.54, 1.807) is 13.8 Å². The van der Waals surface area contributed by atoms with Crippen LogP contribution in [0.2, 0.25) is 0 Å². The van der Waals surface area contributed by atoms with Crippen LogP contribution >= 0.6 is 0 Å². The molecule has 2 N–H and O–H groups in total. The van der Waals surface area contributed by atoms with Crippen molar-refractivity contribution in [2.45, 2.75) is 71.9 Å². The molecule has 6 heteroatoms. The molecule has 20 heavy (non-hydrogen) atoms. The van der Waals surface area contributed by atoms with E-state index in [2.05, 4.69) is 10.2 Å². The molecule has 0 amide bonds. The van der Waals surface area contributed by atoms with Gasteiger partial charge < -0.3 is 10.2 Å². The van der Waals surface area contributed by atoms with Crippen LogP contribution in [0.3, 0.4) is 0 Å². The van der Waals surface area contributed by atoms with Gasteiger partial charge in [0.1, 0.15) is 0 Å². The number of aliphatic carboxylic acids is 2. The average molecular weight is 286 g/mol. The van der Waals surface area contributed by atoms with Crippen LogP contribution in [0.25, 0.3) is 0 Å². The molecule has 0 aliphatic rings. The summed E-state index contributed by atoms with van der Waals surface area (Å²) in [6.45, 7) is 10.2. The first-order chi connectivity index (χ1) is 8.97. The maximum Gasteiger partial charge on any atom is 0.333 e. The molecular formula is C14H26N2O4. The average Bonchev–Trinajstić information content (AvgIpc) is 2.35. The summed E-state index contributed by atoms with van der Waals surface area (Å²) < 4.78 is 0. The minimum absolute atomic E-state index is 0.314. The van der Waals surface area contributed by atoms with Crippen LogP contribution in [0.4, 0.5) is 0 Å². The third kappa shape index (κ3) is 3.55. The Balaban J connectivity index is 5.64.